The molecule has 0 saturated heterocycles. The van der Waals surface area contributed by atoms with Gasteiger partial charge >= 0.3 is 11.9 Å². The highest BCUT2D eigenvalue weighted by Gasteiger charge is 2.26. The van der Waals surface area contributed by atoms with E-state index in [2.05, 4.69) is 10.3 Å². The number of hydrogen-bond donors (Lipinski definition) is 2. The first-order chi connectivity index (χ1) is 10.3. The number of likely N-dealkylation sites (N-methyl/N-ethyl adjacent to an activating group) is 1. The SMILES string of the molecule is CCNC(=O)[C@@H](C)OC(=O)c1[nH]c(C)c(C(=O)OCC)c1C. The molecule has 0 aliphatic heterocycles. The van der Waals surface area contributed by atoms with Crippen molar-refractivity contribution < 1.29 is 23.9 Å². The first-order valence-electron chi connectivity index (χ1n) is 7.18. The number of hydrogen-bond acceptors (Lipinski definition) is 5. The van der Waals surface area contributed by atoms with Crippen LogP contribution in [0, 0.1) is 13.8 Å². The van der Waals surface area contributed by atoms with Gasteiger partial charge in [-0.25, -0.2) is 9.59 Å². The zero-order valence-corrected chi connectivity index (χ0v) is 13.5. The van der Waals surface area contributed by atoms with Crippen molar-refractivity contribution in [1.82, 2.24) is 10.3 Å². The molecule has 0 bridgehead atoms. The van der Waals surface area contributed by atoms with Crippen LogP contribution in [-0.4, -0.2) is 42.1 Å². The van der Waals surface area contributed by atoms with Gasteiger partial charge in [-0.3, -0.25) is 4.79 Å². The zero-order valence-electron chi connectivity index (χ0n) is 13.5. The lowest BCUT2D eigenvalue weighted by atomic mass is 10.1. The van der Waals surface area contributed by atoms with Crippen molar-refractivity contribution in [3.63, 3.8) is 0 Å². The Morgan fingerprint density at radius 3 is 2.36 bits per heavy atom. The number of H-pyrrole nitrogens is 1. The quantitative estimate of drug-likeness (QED) is 0.776. The Kier molecular flexibility index (Phi) is 6.15. The van der Waals surface area contributed by atoms with Gasteiger partial charge in [-0.05, 0) is 40.2 Å². The molecule has 0 fully saturated rings. The van der Waals surface area contributed by atoms with Crippen molar-refractivity contribution in [2.75, 3.05) is 13.2 Å². The van der Waals surface area contributed by atoms with Gasteiger partial charge < -0.3 is 19.8 Å². The van der Waals surface area contributed by atoms with E-state index < -0.39 is 18.0 Å². The third-order valence-electron chi connectivity index (χ3n) is 3.13. The summed E-state index contributed by atoms with van der Waals surface area (Å²) in [6, 6.07) is 0. The molecule has 0 aliphatic carbocycles. The Morgan fingerprint density at radius 2 is 1.82 bits per heavy atom. The van der Waals surface area contributed by atoms with E-state index in [1.807, 2.05) is 0 Å². The third kappa shape index (κ3) is 3.87. The molecule has 1 aromatic heterocycles. The van der Waals surface area contributed by atoms with E-state index in [0.717, 1.165) is 0 Å². The number of aromatic amines is 1. The fraction of sp³-hybridized carbons (Fsp3) is 0.533. The van der Waals surface area contributed by atoms with Gasteiger partial charge in [0.1, 0.15) is 5.69 Å². The number of carbonyl (C=O) groups is 3. The average Bonchev–Trinajstić information content (AvgIpc) is 2.74. The van der Waals surface area contributed by atoms with Crippen LogP contribution in [-0.2, 0) is 14.3 Å². The number of esters is 2. The maximum atomic E-state index is 12.1. The highest BCUT2D eigenvalue weighted by Crippen LogP contribution is 2.20. The average molecular weight is 310 g/mol. The summed E-state index contributed by atoms with van der Waals surface area (Å²) in [6.45, 7) is 8.97. The van der Waals surface area contributed by atoms with Gasteiger partial charge in [-0.15, -0.1) is 0 Å². The summed E-state index contributed by atoms with van der Waals surface area (Å²) >= 11 is 0. The van der Waals surface area contributed by atoms with E-state index in [0.29, 0.717) is 23.4 Å². The minimum absolute atomic E-state index is 0.150. The summed E-state index contributed by atoms with van der Waals surface area (Å²) in [5.41, 5.74) is 1.44. The molecule has 0 aromatic carbocycles. The lowest BCUT2D eigenvalue weighted by Crippen LogP contribution is -2.35. The van der Waals surface area contributed by atoms with Crippen LogP contribution in [0.15, 0.2) is 0 Å². The Bertz CT molecular complexity index is 577. The number of carbonyl (C=O) groups excluding carboxylic acids is 3. The third-order valence-corrected chi connectivity index (χ3v) is 3.13. The molecule has 0 spiro atoms. The van der Waals surface area contributed by atoms with Crippen molar-refractivity contribution in [2.24, 2.45) is 0 Å². The molecule has 0 saturated carbocycles. The first kappa shape index (κ1) is 17.7. The first-order valence-corrected chi connectivity index (χ1v) is 7.18. The topological polar surface area (TPSA) is 97.5 Å². The highest BCUT2D eigenvalue weighted by atomic mass is 16.5. The molecular weight excluding hydrogens is 288 g/mol. The molecule has 0 unspecified atom stereocenters. The molecule has 1 rings (SSSR count). The van der Waals surface area contributed by atoms with E-state index in [4.69, 9.17) is 9.47 Å². The molecule has 1 heterocycles. The van der Waals surface area contributed by atoms with Gasteiger partial charge in [0.15, 0.2) is 6.10 Å². The minimum atomic E-state index is -0.915. The fourth-order valence-corrected chi connectivity index (χ4v) is 2.05. The Hall–Kier alpha value is -2.31. The number of rotatable bonds is 6. The normalized spacial score (nSPS) is 11.7. The number of aromatic nitrogens is 1. The molecule has 7 heteroatoms. The smallest absolute Gasteiger partial charge is 0.355 e. The van der Waals surface area contributed by atoms with Crippen LogP contribution in [0.25, 0.3) is 0 Å². The van der Waals surface area contributed by atoms with Gasteiger partial charge in [-0.1, -0.05) is 0 Å². The van der Waals surface area contributed by atoms with Gasteiger partial charge in [0.05, 0.1) is 12.2 Å². The predicted octanol–water partition coefficient (Wildman–Crippen LogP) is 1.49. The summed E-state index contributed by atoms with van der Waals surface area (Å²) in [6.07, 6.45) is -0.915. The second-order valence-corrected chi connectivity index (χ2v) is 4.79. The van der Waals surface area contributed by atoms with Crippen LogP contribution in [0.4, 0.5) is 0 Å². The maximum Gasteiger partial charge on any atom is 0.355 e. The van der Waals surface area contributed by atoms with Crippen molar-refractivity contribution >= 4 is 17.8 Å². The summed E-state index contributed by atoms with van der Waals surface area (Å²) in [5.74, 6) is -1.55. The lowest BCUT2D eigenvalue weighted by Gasteiger charge is -2.12. The van der Waals surface area contributed by atoms with Crippen LogP contribution in [0.1, 0.15) is 52.9 Å². The number of ether oxygens (including phenoxy) is 2. The molecule has 2 N–H and O–H groups in total. The largest absolute Gasteiger partial charge is 0.462 e. The standard InChI is InChI=1S/C15H22N2O5/c1-6-16-13(18)10(5)22-15(20)12-8(3)11(9(4)17-12)14(19)21-7-2/h10,17H,6-7H2,1-5H3,(H,16,18)/t10-/m1/s1. The molecule has 1 aromatic rings. The van der Waals surface area contributed by atoms with E-state index in [1.165, 1.54) is 6.92 Å². The Morgan fingerprint density at radius 1 is 1.18 bits per heavy atom. The van der Waals surface area contributed by atoms with Crippen molar-refractivity contribution in [2.45, 2.75) is 40.7 Å². The van der Waals surface area contributed by atoms with Gasteiger partial charge in [-0.2, -0.15) is 0 Å². The Balaban J connectivity index is 2.94. The zero-order chi connectivity index (χ0) is 16.9. The van der Waals surface area contributed by atoms with Crippen LogP contribution < -0.4 is 5.32 Å². The van der Waals surface area contributed by atoms with E-state index in [9.17, 15) is 14.4 Å². The molecule has 0 radical (unpaired) electrons. The summed E-state index contributed by atoms with van der Waals surface area (Å²) in [5, 5.41) is 2.57. The van der Waals surface area contributed by atoms with E-state index in [1.54, 1.807) is 27.7 Å². The molecule has 1 atom stereocenters. The number of nitrogens with one attached hydrogen (secondary N) is 2. The van der Waals surface area contributed by atoms with Crippen LogP contribution >= 0.6 is 0 Å². The van der Waals surface area contributed by atoms with Crippen molar-refractivity contribution in [1.29, 1.82) is 0 Å². The monoisotopic (exact) mass is 310 g/mol. The van der Waals surface area contributed by atoms with Crippen molar-refractivity contribution in [3.05, 3.63) is 22.5 Å². The van der Waals surface area contributed by atoms with Gasteiger partial charge in [0.25, 0.3) is 5.91 Å². The second kappa shape index (κ2) is 7.63. The number of aryl methyl sites for hydroxylation is 1. The lowest BCUT2D eigenvalue weighted by molar-refractivity contribution is -0.128. The van der Waals surface area contributed by atoms with Crippen LogP contribution in [0.3, 0.4) is 0 Å². The Labute approximate surface area is 129 Å². The van der Waals surface area contributed by atoms with Crippen LogP contribution in [0.5, 0.6) is 0 Å². The van der Waals surface area contributed by atoms with Crippen LogP contribution in [0.2, 0.25) is 0 Å². The molecule has 1 amide bonds. The molecule has 7 nitrogen and oxygen atoms in total. The predicted molar refractivity (Wildman–Crippen MR) is 79.8 cm³/mol. The molecule has 22 heavy (non-hydrogen) atoms. The summed E-state index contributed by atoms with van der Waals surface area (Å²) < 4.78 is 10.1. The fourth-order valence-electron chi connectivity index (χ4n) is 2.05. The second-order valence-electron chi connectivity index (χ2n) is 4.79. The highest BCUT2D eigenvalue weighted by molar-refractivity contribution is 5.99. The van der Waals surface area contributed by atoms with Gasteiger partial charge in [0, 0.05) is 12.2 Å². The number of amides is 1. The minimum Gasteiger partial charge on any atom is -0.462 e. The van der Waals surface area contributed by atoms with Gasteiger partial charge in [0.2, 0.25) is 0 Å². The molecular formula is C15H22N2O5. The van der Waals surface area contributed by atoms with E-state index in [-0.39, 0.29) is 18.2 Å². The van der Waals surface area contributed by atoms with E-state index >= 15 is 0 Å². The summed E-state index contributed by atoms with van der Waals surface area (Å²) in [4.78, 5) is 38.4. The van der Waals surface area contributed by atoms with Crippen molar-refractivity contribution in [3.8, 4) is 0 Å². The molecule has 122 valence electrons. The molecule has 0 aliphatic rings. The summed E-state index contributed by atoms with van der Waals surface area (Å²) in [7, 11) is 0. The maximum absolute atomic E-state index is 12.1.